The molecule has 0 fully saturated rings. The molecule has 0 bridgehead atoms. The first kappa shape index (κ1) is 11.8. The van der Waals surface area contributed by atoms with Gasteiger partial charge in [-0.15, -0.1) is 0 Å². The van der Waals surface area contributed by atoms with E-state index in [2.05, 4.69) is 5.32 Å². The molecule has 0 aliphatic heterocycles. The van der Waals surface area contributed by atoms with Gasteiger partial charge in [0, 0.05) is 6.54 Å². The Hall–Kier alpha value is -1.29. The summed E-state index contributed by atoms with van der Waals surface area (Å²) >= 11 is 0. The van der Waals surface area contributed by atoms with Crippen LogP contribution in [-0.4, -0.2) is 13.6 Å². The van der Waals surface area contributed by atoms with E-state index in [4.69, 9.17) is 0 Å². The van der Waals surface area contributed by atoms with Gasteiger partial charge >= 0.3 is 6.18 Å². The minimum atomic E-state index is -4.29. The van der Waals surface area contributed by atoms with Crippen LogP contribution >= 0.6 is 0 Å². The molecular formula is C11H12F3N. The van der Waals surface area contributed by atoms with E-state index < -0.39 is 11.7 Å². The summed E-state index contributed by atoms with van der Waals surface area (Å²) in [6.07, 6.45) is -1.16. The molecule has 0 amide bonds. The molecule has 0 aromatic heterocycles. The second-order valence-electron chi connectivity index (χ2n) is 3.05. The minimum Gasteiger partial charge on any atom is -0.316 e. The largest absolute Gasteiger partial charge is 0.416 e. The van der Waals surface area contributed by atoms with Gasteiger partial charge in [0.2, 0.25) is 0 Å². The van der Waals surface area contributed by atoms with Crippen molar-refractivity contribution < 1.29 is 13.2 Å². The Morgan fingerprint density at radius 2 is 1.93 bits per heavy atom. The molecule has 1 aromatic carbocycles. The highest BCUT2D eigenvalue weighted by molar-refractivity contribution is 5.54. The highest BCUT2D eigenvalue weighted by atomic mass is 19.4. The summed E-state index contributed by atoms with van der Waals surface area (Å²) < 4.78 is 37.5. The Kier molecular flexibility index (Phi) is 3.91. The normalized spacial score (nSPS) is 12.3. The first-order valence-corrected chi connectivity index (χ1v) is 4.53. The van der Waals surface area contributed by atoms with Gasteiger partial charge in [-0.1, -0.05) is 30.4 Å². The first-order chi connectivity index (χ1) is 7.05. The van der Waals surface area contributed by atoms with Crippen molar-refractivity contribution in [3.63, 3.8) is 0 Å². The Morgan fingerprint density at radius 1 is 1.27 bits per heavy atom. The van der Waals surface area contributed by atoms with Crippen LogP contribution in [0.5, 0.6) is 0 Å². The van der Waals surface area contributed by atoms with E-state index >= 15 is 0 Å². The van der Waals surface area contributed by atoms with Gasteiger partial charge in [0.1, 0.15) is 0 Å². The van der Waals surface area contributed by atoms with Gasteiger partial charge < -0.3 is 5.32 Å². The monoisotopic (exact) mass is 215 g/mol. The van der Waals surface area contributed by atoms with Crippen LogP contribution in [0.25, 0.3) is 6.08 Å². The molecule has 1 N–H and O–H groups in total. The van der Waals surface area contributed by atoms with E-state index in [1.54, 1.807) is 19.2 Å². The Balaban J connectivity index is 2.97. The number of alkyl halides is 3. The molecule has 0 spiro atoms. The third kappa shape index (κ3) is 3.40. The summed E-state index contributed by atoms with van der Waals surface area (Å²) in [5.41, 5.74) is -0.405. The molecule has 1 aromatic rings. The third-order valence-electron chi connectivity index (χ3n) is 1.89. The summed E-state index contributed by atoms with van der Waals surface area (Å²) in [5, 5.41) is 2.83. The van der Waals surface area contributed by atoms with Crippen LogP contribution in [0, 0.1) is 0 Å². The summed E-state index contributed by atoms with van der Waals surface area (Å²) in [6.45, 7) is 0.548. The second-order valence-corrected chi connectivity index (χ2v) is 3.05. The van der Waals surface area contributed by atoms with Crippen molar-refractivity contribution in [1.82, 2.24) is 5.32 Å². The fraction of sp³-hybridized carbons (Fsp3) is 0.273. The molecule has 1 nitrogen and oxygen atoms in total. The lowest BCUT2D eigenvalue weighted by molar-refractivity contribution is -0.137. The topological polar surface area (TPSA) is 12.0 Å². The molecule has 0 radical (unpaired) electrons. The fourth-order valence-electron chi connectivity index (χ4n) is 1.20. The van der Waals surface area contributed by atoms with Gasteiger partial charge in [0.25, 0.3) is 0 Å². The number of halogens is 3. The van der Waals surface area contributed by atoms with Crippen molar-refractivity contribution in [3.05, 3.63) is 41.5 Å². The van der Waals surface area contributed by atoms with E-state index in [9.17, 15) is 13.2 Å². The lowest BCUT2D eigenvalue weighted by Crippen LogP contribution is -2.07. The van der Waals surface area contributed by atoms with Crippen molar-refractivity contribution in [2.75, 3.05) is 13.6 Å². The summed E-state index contributed by atoms with van der Waals surface area (Å²) in [4.78, 5) is 0. The molecule has 1 rings (SSSR count). The van der Waals surface area contributed by atoms with Gasteiger partial charge in [-0.3, -0.25) is 0 Å². The van der Waals surface area contributed by atoms with Crippen LogP contribution in [0.2, 0.25) is 0 Å². The summed E-state index contributed by atoms with van der Waals surface area (Å²) in [7, 11) is 1.74. The van der Waals surface area contributed by atoms with Crippen LogP contribution in [0.1, 0.15) is 11.1 Å². The number of nitrogens with one attached hydrogen (secondary N) is 1. The van der Waals surface area contributed by atoms with Crippen LogP contribution < -0.4 is 5.32 Å². The minimum absolute atomic E-state index is 0.195. The van der Waals surface area contributed by atoms with Crippen LogP contribution in [0.15, 0.2) is 30.3 Å². The lowest BCUT2D eigenvalue weighted by atomic mass is 10.1. The van der Waals surface area contributed by atoms with Crippen molar-refractivity contribution >= 4 is 6.08 Å². The number of rotatable bonds is 3. The quantitative estimate of drug-likeness (QED) is 0.817. The van der Waals surface area contributed by atoms with Crippen molar-refractivity contribution in [2.45, 2.75) is 6.18 Å². The number of hydrogen-bond acceptors (Lipinski definition) is 1. The van der Waals surface area contributed by atoms with Gasteiger partial charge in [-0.05, 0) is 18.7 Å². The molecule has 82 valence electrons. The average Bonchev–Trinajstić information content (AvgIpc) is 2.17. The van der Waals surface area contributed by atoms with Gasteiger partial charge in [0.15, 0.2) is 0 Å². The van der Waals surface area contributed by atoms with Crippen molar-refractivity contribution in [3.8, 4) is 0 Å². The fourth-order valence-corrected chi connectivity index (χ4v) is 1.20. The highest BCUT2D eigenvalue weighted by Crippen LogP contribution is 2.32. The standard InChI is InChI=1S/C11H12F3N/c1-15-8-4-6-9-5-2-3-7-10(9)11(12,13)14/h2-7,15H,8H2,1H3. The predicted octanol–water partition coefficient (Wildman–Crippen LogP) is 2.94. The van der Waals surface area contributed by atoms with Gasteiger partial charge in [0.05, 0.1) is 5.56 Å². The van der Waals surface area contributed by atoms with Gasteiger partial charge in [-0.25, -0.2) is 0 Å². The first-order valence-electron chi connectivity index (χ1n) is 4.53. The molecule has 0 saturated carbocycles. The second kappa shape index (κ2) is 4.98. The van der Waals surface area contributed by atoms with Crippen LogP contribution in [-0.2, 0) is 6.18 Å². The maximum Gasteiger partial charge on any atom is 0.416 e. The number of hydrogen-bond donors (Lipinski definition) is 1. The zero-order valence-corrected chi connectivity index (χ0v) is 8.31. The molecule has 0 aliphatic rings. The van der Waals surface area contributed by atoms with Crippen LogP contribution in [0.4, 0.5) is 13.2 Å². The SMILES string of the molecule is CNCC=Cc1ccccc1C(F)(F)F. The van der Waals surface area contributed by atoms with E-state index in [1.165, 1.54) is 18.2 Å². The molecule has 15 heavy (non-hydrogen) atoms. The number of benzene rings is 1. The predicted molar refractivity (Wildman–Crippen MR) is 54.4 cm³/mol. The molecular weight excluding hydrogens is 203 g/mol. The highest BCUT2D eigenvalue weighted by Gasteiger charge is 2.32. The molecule has 0 saturated heterocycles. The van der Waals surface area contributed by atoms with E-state index in [0.29, 0.717) is 6.54 Å². The van der Waals surface area contributed by atoms with Crippen LogP contribution in [0.3, 0.4) is 0 Å². The summed E-state index contributed by atoms with van der Waals surface area (Å²) in [6, 6.07) is 5.51. The van der Waals surface area contributed by atoms with Gasteiger partial charge in [-0.2, -0.15) is 13.2 Å². The maximum atomic E-state index is 12.5. The molecule has 0 aliphatic carbocycles. The molecule has 0 unspecified atom stereocenters. The van der Waals surface area contributed by atoms with E-state index in [-0.39, 0.29) is 5.56 Å². The molecule has 0 heterocycles. The Bertz CT molecular complexity index is 342. The average molecular weight is 215 g/mol. The molecule has 4 heteroatoms. The zero-order valence-electron chi connectivity index (χ0n) is 8.31. The smallest absolute Gasteiger partial charge is 0.316 e. The molecule has 0 atom stereocenters. The lowest BCUT2D eigenvalue weighted by Gasteiger charge is -2.09. The Morgan fingerprint density at radius 3 is 2.53 bits per heavy atom. The third-order valence-corrected chi connectivity index (χ3v) is 1.89. The number of likely N-dealkylation sites (N-methyl/N-ethyl adjacent to an activating group) is 1. The van der Waals surface area contributed by atoms with E-state index in [1.807, 2.05) is 0 Å². The summed E-state index contributed by atoms with van der Waals surface area (Å²) in [5.74, 6) is 0. The maximum absolute atomic E-state index is 12.5. The van der Waals surface area contributed by atoms with E-state index in [0.717, 1.165) is 6.07 Å². The Labute approximate surface area is 86.6 Å². The van der Waals surface area contributed by atoms with Crippen molar-refractivity contribution in [1.29, 1.82) is 0 Å². The van der Waals surface area contributed by atoms with Crippen molar-refractivity contribution in [2.24, 2.45) is 0 Å². The zero-order chi connectivity index (χ0) is 11.3.